The molecule has 0 atom stereocenters. The summed E-state index contributed by atoms with van der Waals surface area (Å²) in [4.78, 5) is 10.3. The third-order valence-corrected chi connectivity index (χ3v) is 4.57. The van der Waals surface area contributed by atoms with E-state index in [-0.39, 0.29) is 10.6 Å². The van der Waals surface area contributed by atoms with E-state index in [9.17, 15) is 18.5 Å². The lowest BCUT2D eigenvalue weighted by Crippen LogP contribution is -2.05. The van der Waals surface area contributed by atoms with Gasteiger partial charge in [0.05, 0.1) is 4.92 Å². The lowest BCUT2D eigenvalue weighted by molar-refractivity contribution is -0.386. The van der Waals surface area contributed by atoms with Crippen LogP contribution >= 0.6 is 0 Å². The number of nitrogens with zero attached hydrogens (tertiary/aromatic N) is 1. The molecule has 0 saturated carbocycles. The molecule has 23 heavy (non-hydrogen) atoms. The summed E-state index contributed by atoms with van der Waals surface area (Å²) in [5.74, 6) is 0.381. The fourth-order valence-corrected chi connectivity index (χ4v) is 3.08. The number of hydrogen-bond donors (Lipinski definition) is 1. The van der Waals surface area contributed by atoms with Gasteiger partial charge in [-0.25, -0.2) is 8.42 Å². The Kier molecular flexibility index (Phi) is 4.70. The van der Waals surface area contributed by atoms with Crippen molar-refractivity contribution in [3.05, 3.63) is 58.1 Å². The second-order valence-electron chi connectivity index (χ2n) is 5.58. The standard InChI is InChI=1S/C16H18N2O4S/c1-11(2)12-7-9-13(10-8-12)17-14-5-4-6-15(23(3,21)22)16(14)18(19)20/h4-11,17H,1-3H3. The van der Waals surface area contributed by atoms with E-state index in [4.69, 9.17) is 0 Å². The molecule has 2 aromatic carbocycles. The molecule has 0 amide bonds. The van der Waals surface area contributed by atoms with E-state index in [2.05, 4.69) is 19.2 Å². The molecule has 0 spiro atoms. The van der Waals surface area contributed by atoms with Gasteiger partial charge in [-0.05, 0) is 35.7 Å². The number of sulfone groups is 1. The maximum atomic E-state index is 11.8. The van der Waals surface area contributed by atoms with Gasteiger partial charge in [-0.15, -0.1) is 0 Å². The van der Waals surface area contributed by atoms with E-state index in [1.54, 1.807) is 0 Å². The number of para-hydroxylation sites is 1. The molecule has 122 valence electrons. The summed E-state index contributed by atoms with van der Waals surface area (Å²) < 4.78 is 23.5. The average molecular weight is 334 g/mol. The molecule has 2 rings (SSSR count). The summed E-state index contributed by atoms with van der Waals surface area (Å²) in [6.45, 7) is 4.14. The third-order valence-electron chi connectivity index (χ3n) is 3.44. The zero-order chi connectivity index (χ0) is 17.2. The summed E-state index contributed by atoms with van der Waals surface area (Å²) >= 11 is 0. The molecule has 0 aromatic heterocycles. The number of rotatable bonds is 5. The molecule has 0 aliphatic carbocycles. The van der Waals surface area contributed by atoms with Crippen molar-refractivity contribution in [1.29, 1.82) is 0 Å². The van der Waals surface area contributed by atoms with Gasteiger partial charge >= 0.3 is 5.69 Å². The van der Waals surface area contributed by atoms with Crippen molar-refractivity contribution in [2.24, 2.45) is 0 Å². The lowest BCUT2D eigenvalue weighted by atomic mass is 10.0. The first-order chi connectivity index (χ1) is 10.7. The first-order valence-electron chi connectivity index (χ1n) is 7.04. The maximum absolute atomic E-state index is 11.8. The highest BCUT2D eigenvalue weighted by molar-refractivity contribution is 7.90. The van der Waals surface area contributed by atoms with Crippen molar-refractivity contribution in [2.45, 2.75) is 24.7 Å². The van der Waals surface area contributed by atoms with Crippen LogP contribution in [-0.2, 0) is 9.84 Å². The molecule has 0 saturated heterocycles. The third kappa shape index (κ3) is 3.87. The first-order valence-corrected chi connectivity index (χ1v) is 8.93. The van der Waals surface area contributed by atoms with Gasteiger partial charge in [0.1, 0.15) is 10.6 Å². The molecule has 0 aliphatic rings. The fraction of sp³-hybridized carbons (Fsp3) is 0.250. The van der Waals surface area contributed by atoms with Crippen LogP contribution in [0.1, 0.15) is 25.3 Å². The summed E-state index contributed by atoms with van der Waals surface area (Å²) in [5.41, 5.74) is 1.51. The van der Waals surface area contributed by atoms with Crippen LogP contribution in [0.2, 0.25) is 0 Å². The van der Waals surface area contributed by atoms with Gasteiger partial charge < -0.3 is 5.32 Å². The molecule has 1 N–H and O–H groups in total. The van der Waals surface area contributed by atoms with Crippen LogP contribution in [0.4, 0.5) is 17.1 Å². The second kappa shape index (κ2) is 6.37. The van der Waals surface area contributed by atoms with E-state index in [0.717, 1.165) is 11.8 Å². The van der Waals surface area contributed by atoms with Crippen LogP contribution in [0.5, 0.6) is 0 Å². The summed E-state index contributed by atoms with van der Waals surface area (Å²) in [6.07, 6.45) is 0.955. The topological polar surface area (TPSA) is 89.3 Å². The van der Waals surface area contributed by atoms with Gasteiger partial charge in [0.2, 0.25) is 0 Å². The molecular formula is C16H18N2O4S. The molecule has 2 aromatic rings. The first kappa shape index (κ1) is 17.0. The minimum Gasteiger partial charge on any atom is -0.350 e. The van der Waals surface area contributed by atoms with Gasteiger partial charge in [-0.3, -0.25) is 10.1 Å². The van der Waals surface area contributed by atoms with E-state index in [1.165, 1.54) is 18.2 Å². The Labute approximate surface area is 135 Å². The zero-order valence-corrected chi connectivity index (χ0v) is 13.9. The highest BCUT2D eigenvalue weighted by atomic mass is 32.2. The lowest BCUT2D eigenvalue weighted by Gasteiger charge is -2.11. The second-order valence-corrected chi connectivity index (χ2v) is 7.57. The van der Waals surface area contributed by atoms with Crippen molar-refractivity contribution < 1.29 is 13.3 Å². The molecule has 0 fully saturated rings. The van der Waals surface area contributed by atoms with Crippen LogP contribution in [-0.4, -0.2) is 19.6 Å². The van der Waals surface area contributed by atoms with Crippen molar-refractivity contribution >= 4 is 26.9 Å². The van der Waals surface area contributed by atoms with Gasteiger partial charge in [0.25, 0.3) is 0 Å². The molecule has 0 unspecified atom stereocenters. The Hall–Kier alpha value is -2.41. The number of nitro groups is 1. The predicted octanol–water partition coefficient (Wildman–Crippen LogP) is 3.87. The monoisotopic (exact) mass is 334 g/mol. The van der Waals surface area contributed by atoms with Crippen molar-refractivity contribution in [3.63, 3.8) is 0 Å². The molecule has 7 heteroatoms. The maximum Gasteiger partial charge on any atom is 0.311 e. The van der Waals surface area contributed by atoms with Crippen LogP contribution in [0.25, 0.3) is 0 Å². The summed E-state index contributed by atoms with van der Waals surface area (Å²) in [7, 11) is -3.69. The zero-order valence-electron chi connectivity index (χ0n) is 13.1. The highest BCUT2D eigenvalue weighted by Crippen LogP contribution is 2.34. The quantitative estimate of drug-likeness (QED) is 0.662. The van der Waals surface area contributed by atoms with Gasteiger partial charge in [0.15, 0.2) is 9.84 Å². The van der Waals surface area contributed by atoms with Crippen LogP contribution in [0.15, 0.2) is 47.4 Å². The van der Waals surface area contributed by atoms with Crippen LogP contribution in [0, 0.1) is 10.1 Å². The molecule has 0 bridgehead atoms. The Morgan fingerprint density at radius 1 is 1.09 bits per heavy atom. The van der Waals surface area contributed by atoms with E-state index in [0.29, 0.717) is 11.6 Å². The average Bonchev–Trinajstić information content (AvgIpc) is 2.46. The normalized spacial score (nSPS) is 11.5. The largest absolute Gasteiger partial charge is 0.350 e. The number of anilines is 2. The fourth-order valence-electron chi connectivity index (χ4n) is 2.22. The van der Waals surface area contributed by atoms with Crippen molar-refractivity contribution in [1.82, 2.24) is 0 Å². The minimum atomic E-state index is -3.69. The Balaban J connectivity index is 2.46. The molecule has 6 nitrogen and oxygen atoms in total. The number of hydrogen-bond acceptors (Lipinski definition) is 5. The SMILES string of the molecule is CC(C)c1ccc(Nc2cccc(S(C)(=O)=O)c2[N+](=O)[O-])cc1. The van der Waals surface area contributed by atoms with Crippen LogP contribution < -0.4 is 5.32 Å². The summed E-state index contributed by atoms with van der Waals surface area (Å²) in [5, 5.41) is 14.3. The predicted molar refractivity (Wildman–Crippen MR) is 90.0 cm³/mol. The highest BCUT2D eigenvalue weighted by Gasteiger charge is 2.26. The Morgan fingerprint density at radius 2 is 1.70 bits per heavy atom. The van der Waals surface area contributed by atoms with E-state index < -0.39 is 20.4 Å². The summed E-state index contributed by atoms with van der Waals surface area (Å²) in [6, 6.07) is 11.7. The Bertz CT molecular complexity index is 828. The van der Waals surface area contributed by atoms with Crippen LogP contribution in [0.3, 0.4) is 0 Å². The number of nitro benzene ring substituents is 1. The number of benzene rings is 2. The molecule has 0 heterocycles. The van der Waals surface area contributed by atoms with Gasteiger partial charge in [-0.1, -0.05) is 32.0 Å². The van der Waals surface area contributed by atoms with Gasteiger partial charge in [-0.2, -0.15) is 0 Å². The van der Waals surface area contributed by atoms with Crippen molar-refractivity contribution in [2.75, 3.05) is 11.6 Å². The van der Waals surface area contributed by atoms with E-state index in [1.807, 2.05) is 24.3 Å². The molecule has 0 radical (unpaired) electrons. The molecule has 0 aliphatic heterocycles. The molecular weight excluding hydrogens is 316 g/mol. The number of nitrogens with one attached hydrogen (secondary N) is 1. The smallest absolute Gasteiger partial charge is 0.311 e. The van der Waals surface area contributed by atoms with Crippen molar-refractivity contribution in [3.8, 4) is 0 Å². The van der Waals surface area contributed by atoms with E-state index >= 15 is 0 Å². The minimum absolute atomic E-state index is 0.148. The van der Waals surface area contributed by atoms with Gasteiger partial charge in [0, 0.05) is 11.9 Å². The Morgan fingerprint density at radius 3 is 2.17 bits per heavy atom.